The molecule has 0 atom stereocenters. The molecule has 0 aliphatic rings. The number of methoxy groups -OCH3 is 1. The molecule has 0 aliphatic carbocycles. The van der Waals surface area contributed by atoms with E-state index in [9.17, 15) is 0 Å². The first-order valence-corrected chi connectivity index (χ1v) is 10.6. The van der Waals surface area contributed by atoms with E-state index < -0.39 is 0 Å². The van der Waals surface area contributed by atoms with Crippen LogP contribution in [0, 0.1) is 0 Å². The summed E-state index contributed by atoms with van der Waals surface area (Å²) in [6, 6.07) is 32.7. The van der Waals surface area contributed by atoms with Gasteiger partial charge in [0.25, 0.3) is 0 Å². The molecule has 6 aromatic rings. The molecule has 0 bridgehead atoms. The predicted molar refractivity (Wildman–Crippen MR) is 126 cm³/mol. The molecule has 0 spiro atoms. The van der Waals surface area contributed by atoms with Gasteiger partial charge in [0.15, 0.2) is 0 Å². The van der Waals surface area contributed by atoms with Gasteiger partial charge in [-0.15, -0.1) is 11.3 Å². The van der Waals surface area contributed by atoms with Crippen molar-refractivity contribution in [2.45, 2.75) is 0 Å². The fourth-order valence-electron chi connectivity index (χ4n) is 4.37. The number of rotatable bonds is 2. The third-order valence-electron chi connectivity index (χ3n) is 5.77. The van der Waals surface area contributed by atoms with E-state index >= 15 is 0 Å². The van der Waals surface area contributed by atoms with Crippen LogP contribution in [0.25, 0.3) is 52.8 Å². The van der Waals surface area contributed by atoms with Gasteiger partial charge in [0.2, 0.25) is 0 Å². The molecule has 1 nitrogen and oxygen atoms in total. The summed E-state index contributed by atoms with van der Waals surface area (Å²) in [5, 5.41) is 7.93. The quantitative estimate of drug-likeness (QED) is 0.272. The second kappa shape index (κ2) is 6.33. The van der Waals surface area contributed by atoms with Crippen molar-refractivity contribution in [3.05, 3.63) is 91.0 Å². The van der Waals surface area contributed by atoms with E-state index in [0.717, 1.165) is 5.75 Å². The second-order valence-corrected chi connectivity index (χ2v) is 8.39. The maximum atomic E-state index is 5.36. The van der Waals surface area contributed by atoms with E-state index in [1.807, 2.05) is 23.5 Å². The summed E-state index contributed by atoms with van der Waals surface area (Å²) in [5.74, 6) is 0.880. The van der Waals surface area contributed by atoms with Crippen molar-refractivity contribution < 1.29 is 4.74 Å². The van der Waals surface area contributed by atoms with Gasteiger partial charge in [-0.05, 0) is 51.6 Å². The maximum absolute atomic E-state index is 5.36. The van der Waals surface area contributed by atoms with Crippen LogP contribution < -0.4 is 4.74 Å². The Morgan fingerprint density at radius 3 is 2.21 bits per heavy atom. The number of ether oxygens (including phenoxy) is 1. The van der Waals surface area contributed by atoms with Gasteiger partial charge in [-0.2, -0.15) is 0 Å². The largest absolute Gasteiger partial charge is 0.497 e. The van der Waals surface area contributed by atoms with Gasteiger partial charge in [-0.25, -0.2) is 0 Å². The molecule has 6 rings (SSSR count). The van der Waals surface area contributed by atoms with Crippen molar-refractivity contribution in [3.8, 4) is 16.9 Å². The van der Waals surface area contributed by atoms with E-state index in [-0.39, 0.29) is 0 Å². The lowest BCUT2D eigenvalue weighted by Gasteiger charge is -2.12. The molecule has 29 heavy (non-hydrogen) atoms. The van der Waals surface area contributed by atoms with E-state index in [1.54, 1.807) is 7.11 Å². The number of fused-ring (bicyclic) bond motifs is 7. The molecule has 0 unspecified atom stereocenters. The van der Waals surface area contributed by atoms with Crippen molar-refractivity contribution in [2.24, 2.45) is 0 Å². The van der Waals surface area contributed by atoms with Gasteiger partial charge in [0, 0.05) is 25.6 Å². The van der Waals surface area contributed by atoms with Crippen LogP contribution in [0.5, 0.6) is 5.75 Å². The molecule has 0 aliphatic heterocycles. The zero-order chi connectivity index (χ0) is 19.4. The molecular weight excluding hydrogens is 372 g/mol. The lowest BCUT2D eigenvalue weighted by molar-refractivity contribution is 0.415. The Morgan fingerprint density at radius 1 is 0.655 bits per heavy atom. The topological polar surface area (TPSA) is 9.23 Å². The van der Waals surface area contributed by atoms with Crippen LogP contribution in [0.4, 0.5) is 0 Å². The highest BCUT2D eigenvalue weighted by Gasteiger charge is 2.14. The SMILES string of the molecule is COc1ccc(-c2cc3ccccc3c3c2ccc2c4ccccc4sc23)cc1. The zero-order valence-electron chi connectivity index (χ0n) is 16.0. The minimum Gasteiger partial charge on any atom is -0.497 e. The van der Waals surface area contributed by atoms with Crippen LogP contribution in [-0.2, 0) is 0 Å². The van der Waals surface area contributed by atoms with Crippen LogP contribution >= 0.6 is 11.3 Å². The first-order chi connectivity index (χ1) is 14.3. The molecule has 2 heteroatoms. The average Bonchev–Trinajstić information content (AvgIpc) is 3.17. The van der Waals surface area contributed by atoms with E-state index in [1.165, 1.54) is 52.8 Å². The van der Waals surface area contributed by atoms with Gasteiger partial charge in [-0.1, -0.05) is 66.7 Å². The number of hydrogen-bond donors (Lipinski definition) is 0. The standard InChI is InChI=1S/C27H18OS/c1-28-19-12-10-17(11-13-19)24-16-18-6-2-3-7-20(18)26-22(24)14-15-23-21-8-4-5-9-25(21)29-27(23)26/h2-16H,1H3. The summed E-state index contributed by atoms with van der Waals surface area (Å²) >= 11 is 1.90. The molecule has 0 fully saturated rings. The minimum atomic E-state index is 0.880. The first kappa shape index (κ1) is 16.6. The first-order valence-electron chi connectivity index (χ1n) is 9.73. The van der Waals surface area contributed by atoms with Crippen molar-refractivity contribution in [1.82, 2.24) is 0 Å². The second-order valence-electron chi connectivity index (χ2n) is 7.34. The molecule has 138 valence electrons. The Hall–Kier alpha value is -3.36. The van der Waals surface area contributed by atoms with Crippen LogP contribution in [0.2, 0.25) is 0 Å². The smallest absolute Gasteiger partial charge is 0.118 e. The Bertz CT molecular complexity index is 1520. The fourth-order valence-corrected chi connectivity index (χ4v) is 5.64. The molecule has 0 saturated heterocycles. The van der Waals surface area contributed by atoms with E-state index in [2.05, 4.69) is 78.9 Å². The summed E-state index contributed by atoms with van der Waals surface area (Å²) in [6.07, 6.45) is 0. The molecule has 1 heterocycles. The third kappa shape index (κ3) is 2.46. The molecular formula is C27H18OS. The highest BCUT2D eigenvalue weighted by molar-refractivity contribution is 7.26. The highest BCUT2D eigenvalue weighted by Crippen LogP contribution is 2.44. The number of hydrogen-bond acceptors (Lipinski definition) is 2. The molecule has 1 aromatic heterocycles. The summed E-state index contributed by atoms with van der Waals surface area (Å²) in [4.78, 5) is 0. The summed E-state index contributed by atoms with van der Waals surface area (Å²) < 4.78 is 8.07. The zero-order valence-corrected chi connectivity index (χ0v) is 16.8. The van der Waals surface area contributed by atoms with Crippen molar-refractivity contribution >= 4 is 53.1 Å². The van der Waals surface area contributed by atoms with E-state index in [4.69, 9.17) is 4.74 Å². The third-order valence-corrected chi connectivity index (χ3v) is 6.97. The molecule has 0 amide bonds. The van der Waals surface area contributed by atoms with Gasteiger partial charge < -0.3 is 4.74 Å². The van der Waals surface area contributed by atoms with Crippen LogP contribution in [0.15, 0.2) is 91.0 Å². The summed E-state index contributed by atoms with van der Waals surface area (Å²) in [7, 11) is 1.71. The fraction of sp³-hybridized carbons (Fsp3) is 0.0370. The molecule has 0 saturated carbocycles. The Balaban J connectivity index is 1.80. The normalized spacial score (nSPS) is 11.6. The monoisotopic (exact) mass is 390 g/mol. The molecule has 0 N–H and O–H groups in total. The van der Waals surface area contributed by atoms with Gasteiger partial charge >= 0.3 is 0 Å². The molecule has 0 radical (unpaired) electrons. The maximum Gasteiger partial charge on any atom is 0.118 e. The van der Waals surface area contributed by atoms with Gasteiger partial charge in [-0.3, -0.25) is 0 Å². The van der Waals surface area contributed by atoms with Crippen LogP contribution in [0.3, 0.4) is 0 Å². The average molecular weight is 391 g/mol. The van der Waals surface area contributed by atoms with Crippen molar-refractivity contribution in [3.63, 3.8) is 0 Å². The van der Waals surface area contributed by atoms with Crippen molar-refractivity contribution in [2.75, 3.05) is 7.11 Å². The molecule has 5 aromatic carbocycles. The lowest BCUT2D eigenvalue weighted by Crippen LogP contribution is -1.86. The lowest BCUT2D eigenvalue weighted by atomic mass is 9.92. The Labute approximate surface area is 172 Å². The van der Waals surface area contributed by atoms with Crippen LogP contribution in [-0.4, -0.2) is 7.11 Å². The van der Waals surface area contributed by atoms with Gasteiger partial charge in [0.05, 0.1) is 7.11 Å². The van der Waals surface area contributed by atoms with Crippen LogP contribution in [0.1, 0.15) is 0 Å². The predicted octanol–water partition coefficient (Wildman–Crippen LogP) is 8.04. The highest BCUT2D eigenvalue weighted by atomic mass is 32.1. The minimum absolute atomic E-state index is 0.880. The van der Waals surface area contributed by atoms with E-state index in [0.29, 0.717) is 0 Å². The van der Waals surface area contributed by atoms with Gasteiger partial charge in [0.1, 0.15) is 5.75 Å². The Kier molecular flexibility index (Phi) is 3.62. The number of thiophene rings is 1. The Morgan fingerprint density at radius 2 is 1.38 bits per heavy atom. The summed E-state index contributed by atoms with van der Waals surface area (Å²) in [6.45, 7) is 0. The van der Waals surface area contributed by atoms with Crippen molar-refractivity contribution in [1.29, 1.82) is 0 Å². The summed E-state index contributed by atoms with van der Waals surface area (Å²) in [5.41, 5.74) is 2.47. The number of benzene rings is 5.